The number of ether oxygens (including phenoxy) is 1. The molecule has 0 radical (unpaired) electrons. The Morgan fingerprint density at radius 1 is 0.947 bits per heavy atom. The summed E-state index contributed by atoms with van der Waals surface area (Å²) >= 11 is 0. The van der Waals surface area contributed by atoms with Crippen LogP contribution >= 0.6 is 0 Å². The number of unbranched alkanes of at least 4 members (excludes halogenated alkanes) is 1. The SMILES string of the molecule is C=C[C@H](O)C/C=C\CCCC(=O)O[C@H](CCO[Si](c1ccccc1)(c1ccccc1)C(C)(C)C)[C@@H](O)C=C. The molecule has 0 bridgehead atoms. The molecule has 0 aliphatic rings. The van der Waals surface area contributed by atoms with Gasteiger partial charge in [0, 0.05) is 19.4 Å². The van der Waals surface area contributed by atoms with Crippen molar-refractivity contribution in [1.29, 1.82) is 0 Å². The van der Waals surface area contributed by atoms with E-state index in [-0.39, 0.29) is 17.4 Å². The summed E-state index contributed by atoms with van der Waals surface area (Å²) in [5, 5.41) is 22.2. The molecule has 3 atom stereocenters. The van der Waals surface area contributed by atoms with Crippen LogP contribution in [0.3, 0.4) is 0 Å². The lowest BCUT2D eigenvalue weighted by Crippen LogP contribution is -2.66. The number of aliphatic hydroxyl groups excluding tert-OH is 2. The van der Waals surface area contributed by atoms with Crippen LogP contribution in [0.15, 0.2) is 98.1 Å². The zero-order valence-electron chi connectivity index (χ0n) is 23.1. The highest BCUT2D eigenvalue weighted by atomic mass is 28.4. The van der Waals surface area contributed by atoms with Crippen molar-refractivity contribution in [2.24, 2.45) is 0 Å². The van der Waals surface area contributed by atoms with Gasteiger partial charge in [-0.2, -0.15) is 0 Å². The van der Waals surface area contributed by atoms with Gasteiger partial charge in [-0.25, -0.2) is 0 Å². The van der Waals surface area contributed by atoms with Crippen LogP contribution in [-0.2, 0) is 14.0 Å². The molecule has 2 rings (SSSR count). The Morgan fingerprint density at radius 3 is 2.03 bits per heavy atom. The Labute approximate surface area is 229 Å². The first-order valence-electron chi connectivity index (χ1n) is 13.4. The number of hydrogen-bond donors (Lipinski definition) is 2. The number of esters is 1. The third kappa shape index (κ3) is 8.91. The highest BCUT2D eigenvalue weighted by Crippen LogP contribution is 2.37. The third-order valence-electron chi connectivity index (χ3n) is 6.61. The summed E-state index contributed by atoms with van der Waals surface area (Å²) in [6.07, 6.45) is 6.85. The predicted octanol–water partition coefficient (Wildman–Crippen LogP) is 5.08. The molecule has 206 valence electrons. The Hall–Kier alpha value is -2.77. The molecule has 2 aromatic carbocycles. The highest BCUT2D eigenvalue weighted by molar-refractivity contribution is 6.99. The number of carbonyl (C=O) groups excluding carboxylic acids is 1. The first-order chi connectivity index (χ1) is 18.2. The summed E-state index contributed by atoms with van der Waals surface area (Å²) < 4.78 is 12.6. The first kappa shape index (κ1) is 31.4. The van der Waals surface area contributed by atoms with Gasteiger partial charge in [0.25, 0.3) is 8.32 Å². The highest BCUT2D eigenvalue weighted by Gasteiger charge is 2.50. The maximum absolute atomic E-state index is 12.5. The zero-order chi connectivity index (χ0) is 28.0. The molecule has 2 N–H and O–H groups in total. The molecule has 0 spiro atoms. The van der Waals surface area contributed by atoms with Crippen LogP contribution in [0.2, 0.25) is 5.04 Å². The smallest absolute Gasteiger partial charge is 0.306 e. The molecule has 0 saturated heterocycles. The molecule has 6 heteroatoms. The van der Waals surface area contributed by atoms with E-state index in [1.54, 1.807) is 0 Å². The van der Waals surface area contributed by atoms with Crippen LogP contribution in [0.5, 0.6) is 0 Å². The molecule has 0 amide bonds. The van der Waals surface area contributed by atoms with Gasteiger partial charge in [-0.3, -0.25) is 4.79 Å². The lowest BCUT2D eigenvalue weighted by atomic mass is 10.1. The van der Waals surface area contributed by atoms with Gasteiger partial charge in [-0.15, -0.1) is 13.2 Å². The van der Waals surface area contributed by atoms with Gasteiger partial charge < -0.3 is 19.4 Å². The normalized spacial score (nSPS) is 14.6. The fraction of sp³-hybridized carbons (Fsp3) is 0.406. The zero-order valence-corrected chi connectivity index (χ0v) is 24.1. The van der Waals surface area contributed by atoms with Crippen molar-refractivity contribution in [2.75, 3.05) is 6.61 Å². The van der Waals surface area contributed by atoms with Crippen molar-refractivity contribution in [3.05, 3.63) is 98.1 Å². The predicted molar refractivity (Wildman–Crippen MR) is 158 cm³/mol. The molecule has 0 aliphatic carbocycles. The van der Waals surface area contributed by atoms with Gasteiger partial charge >= 0.3 is 5.97 Å². The Kier molecular flexibility index (Phi) is 12.9. The van der Waals surface area contributed by atoms with E-state index in [1.165, 1.54) is 22.5 Å². The minimum Gasteiger partial charge on any atom is -0.459 e. The molecular weight excluding hydrogens is 492 g/mol. The maximum Gasteiger partial charge on any atom is 0.306 e. The molecule has 38 heavy (non-hydrogen) atoms. The summed E-state index contributed by atoms with van der Waals surface area (Å²) in [4.78, 5) is 12.5. The second-order valence-electron chi connectivity index (χ2n) is 10.5. The molecule has 2 aromatic rings. The van der Waals surface area contributed by atoms with Crippen molar-refractivity contribution in [1.82, 2.24) is 0 Å². The van der Waals surface area contributed by atoms with Gasteiger partial charge in [0.2, 0.25) is 0 Å². The van der Waals surface area contributed by atoms with E-state index in [9.17, 15) is 15.0 Å². The molecule has 0 saturated carbocycles. The van der Waals surface area contributed by atoms with Crippen molar-refractivity contribution in [2.45, 2.75) is 76.2 Å². The van der Waals surface area contributed by atoms with E-state index < -0.39 is 26.6 Å². The summed E-state index contributed by atoms with van der Waals surface area (Å²) in [5.74, 6) is -0.360. The minimum atomic E-state index is -2.73. The van der Waals surface area contributed by atoms with E-state index in [1.807, 2.05) is 48.6 Å². The van der Waals surface area contributed by atoms with Crippen LogP contribution in [0.4, 0.5) is 0 Å². The summed E-state index contributed by atoms with van der Waals surface area (Å²) in [6, 6.07) is 20.7. The average molecular weight is 537 g/mol. The number of rotatable bonds is 16. The summed E-state index contributed by atoms with van der Waals surface area (Å²) in [6.45, 7) is 14.2. The topological polar surface area (TPSA) is 76.0 Å². The third-order valence-corrected chi connectivity index (χ3v) is 11.7. The van der Waals surface area contributed by atoms with E-state index >= 15 is 0 Å². The van der Waals surface area contributed by atoms with E-state index in [0.29, 0.717) is 32.3 Å². The minimum absolute atomic E-state index is 0.172. The van der Waals surface area contributed by atoms with Gasteiger partial charge in [-0.05, 0) is 34.7 Å². The molecule has 5 nitrogen and oxygen atoms in total. The monoisotopic (exact) mass is 536 g/mol. The van der Waals surface area contributed by atoms with Gasteiger partial charge in [0.1, 0.15) is 12.2 Å². The number of carbonyl (C=O) groups is 1. The Balaban J connectivity index is 2.10. The van der Waals surface area contributed by atoms with Crippen molar-refractivity contribution >= 4 is 24.7 Å². The van der Waals surface area contributed by atoms with Gasteiger partial charge in [0.05, 0.1) is 6.10 Å². The second-order valence-corrected chi connectivity index (χ2v) is 14.8. The summed E-state index contributed by atoms with van der Waals surface area (Å²) in [5.41, 5.74) is 0. The van der Waals surface area contributed by atoms with Crippen LogP contribution in [0, 0.1) is 0 Å². The number of benzene rings is 2. The number of allylic oxidation sites excluding steroid dienone is 1. The van der Waals surface area contributed by atoms with Crippen LogP contribution in [0.1, 0.15) is 52.9 Å². The number of hydrogen-bond acceptors (Lipinski definition) is 5. The Bertz CT molecular complexity index is 974. The van der Waals surface area contributed by atoms with Crippen molar-refractivity contribution in [3.8, 4) is 0 Å². The van der Waals surface area contributed by atoms with Crippen LogP contribution in [-0.4, -0.2) is 49.4 Å². The van der Waals surface area contributed by atoms with Gasteiger partial charge in [0.15, 0.2) is 0 Å². The maximum atomic E-state index is 12.5. The fourth-order valence-corrected chi connectivity index (χ4v) is 9.16. The second kappa shape index (κ2) is 15.6. The molecule has 0 aromatic heterocycles. The Morgan fingerprint density at radius 2 is 1.53 bits per heavy atom. The molecular formula is C32H44O5Si. The fourth-order valence-electron chi connectivity index (χ4n) is 4.58. The number of aliphatic hydroxyl groups is 2. The average Bonchev–Trinajstić information content (AvgIpc) is 2.92. The quantitative estimate of drug-likeness (QED) is 0.136. The summed E-state index contributed by atoms with van der Waals surface area (Å²) in [7, 11) is -2.73. The molecule has 0 heterocycles. The molecule has 0 unspecified atom stereocenters. The van der Waals surface area contributed by atoms with E-state index in [0.717, 1.165) is 0 Å². The van der Waals surface area contributed by atoms with Crippen LogP contribution in [0.25, 0.3) is 0 Å². The van der Waals surface area contributed by atoms with Gasteiger partial charge in [-0.1, -0.05) is 106 Å². The molecule has 0 aliphatic heterocycles. The van der Waals surface area contributed by atoms with Crippen molar-refractivity contribution < 1.29 is 24.2 Å². The van der Waals surface area contributed by atoms with E-state index in [2.05, 4.69) is 58.2 Å². The lowest BCUT2D eigenvalue weighted by molar-refractivity contribution is -0.154. The van der Waals surface area contributed by atoms with E-state index in [4.69, 9.17) is 9.16 Å². The van der Waals surface area contributed by atoms with Crippen molar-refractivity contribution in [3.63, 3.8) is 0 Å². The first-order valence-corrected chi connectivity index (χ1v) is 15.3. The standard InChI is InChI=1S/C32H44O5Si/c1-6-26(33)18-12-8-9-17-23-31(35)37-30(29(34)7-2)24-25-36-38(32(3,4)5,27-19-13-10-14-20-27)28-21-15-11-16-22-28/h6-8,10-16,19-22,26,29-30,33-34H,1-2,9,17-18,23-25H2,3-5H3/b12-8-/t26-,29-,30+/m0/s1. The van der Waals surface area contributed by atoms with Crippen LogP contribution < -0.4 is 10.4 Å². The lowest BCUT2D eigenvalue weighted by Gasteiger charge is -2.43. The largest absolute Gasteiger partial charge is 0.459 e. The molecule has 0 fully saturated rings.